The fraction of sp³-hybridized carbons (Fsp3) is 0.200. The van der Waals surface area contributed by atoms with Crippen molar-refractivity contribution in [3.05, 3.63) is 59.5 Å². The van der Waals surface area contributed by atoms with Crippen molar-refractivity contribution in [2.45, 2.75) is 18.2 Å². The Morgan fingerprint density at radius 2 is 1.88 bits per heavy atom. The Morgan fingerprint density at radius 1 is 1.15 bits per heavy atom. The fourth-order valence-corrected chi connectivity index (χ4v) is 3.89. The van der Waals surface area contributed by atoms with Crippen molar-refractivity contribution in [2.24, 2.45) is 0 Å². The highest BCUT2D eigenvalue weighted by atomic mass is 32.2. The molecule has 0 atom stereocenters. The van der Waals surface area contributed by atoms with Gasteiger partial charge in [-0.05, 0) is 31.2 Å². The van der Waals surface area contributed by atoms with Gasteiger partial charge >= 0.3 is 0 Å². The highest BCUT2D eigenvalue weighted by Crippen LogP contribution is 2.26. The number of thioether (sulfide) groups is 1. The normalized spacial score (nSPS) is 10.5. The van der Waals surface area contributed by atoms with Crippen molar-refractivity contribution >= 4 is 34.1 Å². The standard InChI is InChI=1S/C20H20N2O2S2/c1-14-3-5-15(6-4-14)18-13-26-20(21-18)22-19(23)11-12-25-17-9-7-16(24-2)8-10-17/h3-10,13H,11-12H2,1-2H3,(H,21,22,23). The number of aryl methyl sites for hydroxylation is 1. The Hall–Kier alpha value is -2.31. The second kappa shape index (κ2) is 8.87. The molecule has 0 unspecified atom stereocenters. The van der Waals surface area contributed by atoms with Crippen molar-refractivity contribution in [2.75, 3.05) is 18.2 Å². The van der Waals surface area contributed by atoms with Crippen molar-refractivity contribution in [1.29, 1.82) is 0 Å². The topological polar surface area (TPSA) is 51.2 Å². The van der Waals surface area contributed by atoms with Gasteiger partial charge in [0.05, 0.1) is 12.8 Å². The molecule has 0 radical (unpaired) electrons. The van der Waals surface area contributed by atoms with Gasteiger partial charge in [0.15, 0.2) is 5.13 Å². The van der Waals surface area contributed by atoms with E-state index in [0.29, 0.717) is 17.3 Å². The zero-order valence-corrected chi connectivity index (χ0v) is 16.3. The molecule has 1 aromatic heterocycles. The van der Waals surface area contributed by atoms with Crippen molar-refractivity contribution < 1.29 is 9.53 Å². The molecular weight excluding hydrogens is 364 g/mol. The fourth-order valence-electron chi connectivity index (χ4n) is 2.30. The maximum absolute atomic E-state index is 12.1. The van der Waals surface area contributed by atoms with Crippen LogP contribution < -0.4 is 10.1 Å². The molecule has 1 heterocycles. The largest absolute Gasteiger partial charge is 0.497 e. The molecule has 6 heteroatoms. The summed E-state index contributed by atoms with van der Waals surface area (Å²) in [6, 6.07) is 16.0. The van der Waals surface area contributed by atoms with Crippen LogP contribution in [0.15, 0.2) is 58.8 Å². The van der Waals surface area contributed by atoms with Crippen LogP contribution >= 0.6 is 23.1 Å². The first kappa shape index (κ1) is 18.5. The number of hydrogen-bond donors (Lipinski definition) is 1. The highest BCUT2D eigenvalue weighted by Gasteiger charge is 2.08. The maximum atomic E-state index is 12.1. The lowest BCUT2D eigenvalue weighted by molar-refractivity contribution is -0.115. The summed E-state index contributed by atoms with van der Waals surface area (Å²) in [4.78, 5) is 17.7. The summed E-state index contributed by atoms with van der Waals surface area (Å²) < 4.78 is 5.14. The average Bonchev–Trinajstić information content (AvgIpc) is 3.11. The van der Waals surface area contributed by atoms with Gasteiger partial charge in [-0.2, -0.15) is 0 Å². The lowest BCUT2D eigenvalue weighted by atomic mass is 10.1. The van der Waals surface area contributed by atoms with Gasteiger partial charge in [0.1, 0.15) is 5.75 Å². The lowest BCUT2D eigenvalue weighted by Crippen LogP contribution is -2.11. The zero-order chi connectivity index (χ0) is 18.4. The summed E-state index contributed by atoms with van der Waals surface area (Å²) in [7, 11) is 1.65. The van der Waals surface area contributed by atoms with Gasteiger partial charge in [-0.3, -0.25) is 4.79 Å². The molecule has 0 fully saturated rings. The molecule has 0 saturated carbocycles. The number of nitrogens with zero attached hydrogens (tertiary/aromatic N) is 1. The van der Waals surface area contributed by atoms with Crippen LogP contribution in [0.1, 0.15) is 12.0 Å². The van der Waals surface area contributed by atoms with Crippen LogP contribution in [0, 0.1) is 6.92 Å². The van der Waals surface area contributed by atoms with Crippen LogP contribution in [0.5, 0.6) is 5.75 Å². The first-order valence-corrected chi connectivity index (χ1v) is 10.1. The number of aromatic nitrogens is 1. The van der Waals surface area contributed by atoms with Gasteiger partial charge in [-0.25, -0.2) is 4.98 Å². The van der Waals surface area contributed by atoms with E-state index < -0.39 is 0 Å². The zero-order valence-electron chi connectivity index (χ0n) is 14.7. The summed E-state index contributed by atoms with van der Waals surface area (Å²) in [6.07, 6.45) is 0.441. The number of ether oxygens (including phenoxy) is 1. The number of thiazole rings is 1. The van der Waals surface area contributed by atoms with E-state index in [1.807, 2.05) is 41.8 Å². The van der Waals surface area contributed by atoms with Crippen LogP contribution in [0.3, 0.4) is 0 Å². The number of hydrogen-bond acceptors (Lipinski definition) is 5. The molecule has 26 heavy (non-hydrogen) atoms. The highest BCUT2D eigenvalue weighted by molar-refractivity contribution is 7.99. The molecule has 134 valence electrons. The van der Waals surface area contributed by atoms with Gasteiger partial charge in [0.25, 0.3) is 0 Å². The van der Waals surface area contributed by atoms with E-state index in [1.54, 1.807) is 18.9 Å². The van der Waals surface area contributed by atoms with Crippen LogP contribution in [0.4, 0.5) is 5.13 Å². The number of anilines is 1. The van der Waals surface area contributed by atoms with Crippen molar-refractivity contribution in [3.8, 4) is 17.0 Å². The number of rotatable bonds is 7. The quantitative estimate of drug-likeness (QED) is 0.565. The molecule has 0 aliphatic heterocycles. The lowest BCUT2D eigenvalue weighted by Gasteiger charge is -2.04. The molecule has 0 bridgehead atoms. The van der Waals surface area contributed by atoms with E-state index in [0.717, 1.165) is 21.9 Å². The Labute approximate surface area is 161 Å². The average molecular weight is 385 g/mol. The molecular formula is C20H20N2O2S2. The number of carbonyl (C=O) groups excluding carboxylic acids is 1. The Morgan fingerprint density at radius 3 is 2.58 bits per heavy atom. The summed E-state index contributed by atoms with van der Waals surface area (Å²) in [6.45, 7) is 2.06. The number of nitrogens with one attached hydrogen (secondary N) is 1. The number of amides is 1. The molecule has 0 aliphatic carbocycles. The molecule has 0 saturated heterocycles. The number of methoxy groups -OCH3 is 1. The van der Waals surface area contributed by atoms with E-state index in [4.69, 9.17) is 4.74 Å². The Balaban J connectivity index is 1.48. The molecule has 2 aromatic carbocycles. The maximum Gasteiger partial charge on any atom is 0.226 e. The second-order valence-electron chi connectivity index (χ2n) is 5.73. The summed E-state index contributed by atoms with van der Waals surface area (Å²) in [5.41, 5.74) is 3.16. The SMILES string of the molecule is COc1ccc(SCCC(=O)Nc2nc(-c3ccc(C)cc3)cs2)cc1. The van der Waals surface area contributed by atoms with Crippen LogP contribution in [-0.4, -0.2) is 23.8 Å². The third-order valence-electron chi connectivity index (χ3n) is 3.76. The van der Waals surface area contributed by atoms with E-state index in [1.165, 1.54) is 16.9 Å². The monoisotopic (exact) mass is 384 g/mol. The van der Waals surface area contributed by atoms with E-state index in [-0.39, 0.29) is 5.91 Å². The first-order chi connectivity index (χ1) is 12.6. The van der Waals surface area contributed by atoms with Gasteiger partial charge in [-0.15, -0.1) is 23.1 Å². The minimum absolute atomic E-state index is 0.0178. The van der Waals surface area contributed by atoms with Crippen LogP contribution in [0.2, 0.25) is 0 Å². The third kappa shape index (κ3) is 5.09. The van der Waals surface area contributed by atoms with E-state index in [2.05, 4.69) is 29.4 Å². The van der Waals surface area contributed by atoms with Gasteiger partial charge in [0, 0.05) is 28.0 Å². The molecule has 1 N–H and O–H groups in total. The predicted molar refractivity (Wildman–Crippen MR) is 109 cm³/mol. The van der Waals surface area contributed by atoms with Gasteiger partial charge < -0.3 is 10.1 Å². The van der Waals surface area contributed by atoms with Gasteiger partial charge in [-0.1, -0.05) is 29.8 Å². The third-order valence-corrected chi connectivity index (χ3v) is 5.53. The minimum atomic E-state index is -0.0178. The summed E-state index contributed by atoms with van der Waals surface area (Å²) in [5.74, 6) is 1.53. The Kier molecular flexibility index (Phi) is 6.30. The smallest absolute Gasteiger partial charge is 0.226 e. The molecule has 0 spiro atoms. The molecule has 4 nitrogen and oxygen atoms in total. The predicted octanol–water partition coefficient (Wildman–Crippen LogP) is 5.25. The molecule has 3 aromatic rings. The van der Waals surface area contributed by atoms with Crippen molar-refractivity contribution in [3.63, 3.8) is 0 Å². The van der Waals surface area contributed by atoms with Gasteiger partial charge in [0.2, 0.25) is 5.91 Å². The van der Waals surface area contributed by atoms with Crippen LogP contribution in [-0.2, 0) is 4.79 Å². The summed E-state index contributed by atoms with van der Waals surface area (Å²) in [5, 5.41) is 5.49. The molecule has 3 rings (SSSR count). The number of carbonyl (C=O) groups is 1. The molecule has 0 aliphatic rings. The second-order valence-corrected chi connectivity index (χ2v) is 7.75. The minimum Gasteiger partial charge on any atom is -0.497 e. The first-order valence-electron chi connectivity index (χ1n) is 8.23. The van der Waals surface area contributed by atoms with E-state index in [9.17, 15) is 4.79 Å². The van der Waals surface area contributed by atoms with E-state index >= 15 is 0 Å². The number of benzene rings is 2. The van der Waals surface area contributed by atoms with Crippen molar-refractivity contribution in [1.82, 2.24) is 4.98 Å². The Bertz CT molecular complexity index is 858. The van der Waals surface area contributed by atoms with Crippen LogP contribution in [0.25, 0.3) is 11.3 Å². The molecule has 1 amide bonds. The summed E-state index contributed by atoms with van der Waals surface area (Å²) >= 11 is 3.10.